The Balaban J connectivity index is 2.25. The van der Waals surface area contributed by atoms with E-state index in [2.05, 4.69) is 13.8 Å². The Morgan fingerprint density at radius 2 is 1.73 bits per heavy atom. The highest BCUT2D eigenvalue weighted by atomic mass is 32.2. The predicted molar refractivity (Wildman–Crippen MR) is 105 cm³/mol. The molecule has 0 aliphatic heterocycles. The summed E-state index contributed by atoms with van der Waals surface area (Å²) in [7, 11) is -0.139. The van der Waals surface area contributed by atoms with Gasteiger partial charge in [-0.2, -0.15) is 4.31 Å². The Bertz CT molecular complexity index is 708. The van der Waals surface area contributed by atoms with E-state index in [4.69, 9.17) is 0 Å². The zero-order valence-electron chi connectivity index (χ0n) is 16.4. The van der Waals surface area contributed by atoms with Crippen molar-refractivity contribution >= 4 is 15.9 Å². The molecule has 0 spiro atoms. The molecule has 2 rings (SSSR count). The van der Waals surface area contributed by atoms with Crippen molar-refractivity contribution < 1.29 is 13.2 Å². The minimum atomic E-state index is -3.59. The van der Waals surface area contributed by atoms with Crippen molar-refractivity contribution in [1.29, 1.82) is 0 Å². The number of hydrogen-bond acceptors (Lipinski definition) is 3. The predicted octanol–water partition coefficient (Wildman–Crippen LogP) is 3.90. The average molecular weight is 381 g/mol. The molecule has 6 heteroatoms. The van der Waals surface area contributed by atoms with E-state index >= 15 is 0 Å². The standard InChI is InChI=1S/C20H32N2O3S/c1-5-17(6-2)21(3)20(23)16-11-10-14-19(15-16)26(24,25)22(4)18-12-8-7-9-13-18/h10-11,14-15,17-18H,5-9,12-13H2,1-4H3. The first-order chi connectivity index (χ1) is 12.3. The number of sulfonamides is 1. The van der Waals surface area contributed by atoms with Crippen molar-refractivity contribution in [3.8, 4) is 0 Å². The molecule has 1 saturated carbocycles. The number of amides is 1. The summed E-state index contributed by atoms with van der Waals surface area (Å²) in [6, 6.07) is 6.68. The number of benzene rings is 1. The van der Waals surface area contributed by atoms with Crippen LogP contribution in [0.25, 0.3) is 0 Å². The van der Waals surface area contributed by atoms with E-state index in [0.717, 1.165) is 38.5 Å². The zero-order valence-corrected chi connectivity index (χ0v) is 17.3. The molecule has 0 N–H and O–H groups in total. The molecule has 0 unspecified atom stereocenters. The summed E-state index contributed by atoms with van der Waals surface area (Å²) < 4.78 is 27.5. The van der Waals surface area contributed by atoms with Crippen molar-refractivity contribution in [3.05, 3.63) is 29.8 Å². The normalized spacial score (nSPS) is 16.2. The van der Waals surface area contributed by atoms with Gasteiger partial charge in [0.1, 0.15) is 0 Å². The zero-order chi connectivity index (χ0) is 19.3. The molecule has 1 aliphatic carbocycles. The second kappa shape index (κ2) is 9.00. The molecule has 0 saturated heterocycles. The number of rotatable bonds is 7. The molecule has 0 atom stereocenters. The Labute approximate surface area is 158 Å². The lowest BCUT2D eigenvalue weighted by molar-refractivity contribution is 0.0723. The van der Waals surface area contributed by atoms with Crippen LogP contribution in [0.3, 0.4) is 0 Å². The van der Waals surface area contributed by atoms with Crippen LogP contribution in [0.5, 0.6) is 0 Å². The van der Waals surface area contributed by atoms with Gasteiger partial charge in [-0.3, -0.25) is 4.79 Å². The lowest BCUT2D eigenvalue weighted by Gasteiger charge is -2.30. The van der Waals surface area contributed by atoms with Gasteiger partial charge in [-0.05, 0) is 43.9 Å². The summed E-state index contributed by atoms with van der Waals surface area (Å²) in [4.78, 5) is 14.7. The van der Waals surface area contributed by atoms with Gasteiger partial charge < -0.3 is 4.90 Å². The van der Waals surface area contributed by atoms with Crippen molar-refractivity contribution in [2.45, 2.75) is 75.8 Å². The van der Waals surface area contributed by atoms with Crippen LogP contribution in [-0.2, 0) is 10.0 Å². The van der Waals surface area contributed by atoms with Crippen LogP contribution in [0.4, 0.5) is 0 Å². The van der Waals surface area contributed by atoms with E-state index in [-0.39, 0.29) is 22.9 Å². The molecule has 1 aliphatic rings. The van der Waals surface area contributed by atoms with Gasteiger partial charge in [0.15, 0.2) is 0 Å². The van der Waals surface area contributed by atoms with Crippen molar-refractivity contribution in [2.75, 3.05) is 14.1 Å². The highest BCUT2D eigenvalue weighted by Crippen LogP contribution is 2.27. The number of carbonyl (C=O) groups excluding carboxylic acids is 1. The highest BCUT2D eigenvalue weighted by Gasteiger charge is 2.29. The molecular formula is C20H32N2O3S. The maximum absolute atomic E-state index is 13.0. The first kappa shape index (κ1) is 20.9. The topological polar surface area (TPSA) is 57.7 Å². The summed E-state index contributed by atoms with van der Waals surface area (Å²) in [6.07, 6.45) is 6.89. The third-order valence-corrected chi connectivity index (χ3v) is 7.56. The maximum atomic E-state index is 13.0. The quantitative estimate of drug-likeness (QED) is 0.721. The van der Waals surface area contributed by atoms with Gasteiger partial charge in [0, 0.05) is 31.7 Å². The van der Waals surface area contributed by atoms with Crippen LogP contribution in [0.1, 0.15) is 69.2 Å². The minimum Gasteiger partial charge on any atom is -0.339 e. The molecule has 1 fully saturated rings. The lowest BCUT2D eigenvalue weighted by atomic mass is 9.96. The molecule has 26 heavy (non-hydrogen) atoms. The molecule has 0 bridgehead atoms. The van der Waals surface area contributed by atoms with E-state index < -0.39 is 10.0 Å². The van der Waals surface area contributed by atoms with E-state index in [1.807, 2.05) is 0 Å². The fraction of sp³-hybridized carbons (Fsp3) is 0.650. The SMILES string of the molecule is CCC(CC)N(C)C(=O)c1cccc(S(=O)(=O)N(C)C2CCCCC2)c1. The molecule has 1 aromatic carbocycles. The molecular weight excluding hydrogens is 348 g/mol. The summed E-state index contributed by atoms with van der Waals surface area (Å²) >= 11 is 0. The molecule has 146 valence electrons. The minimum absolute atomic E-state index is 0.0559. The maximum Gasteiger partial charge on any atom is 0.253 e. The Morgan fingerprint density at radius 3 is 2.31 bits per heavy atom. The number of hydrogen-bond donors (Lipinski definition) is 0. The monoisotopic (exact) mass is 380 g/mol. The molecule has 0 heterocycles. The van der Waals surface area contributed by atoms with E-state index in [1.165, 1.54) is 16.8 Å². The number of nitrogens with zero attached hydrogens (tertiary/aromatic N) is 2. The van der Waals surface area contributed by atoms with E-state index in [1.54, 1.807) is 37.2 Å². The van der Waals surface area contributed by atoms with Crippen molar-refractivity contribution in [2.24, 2.45) is 0 Å². The molecule has 1 amide bonds. The van der Waals surface area contributed by atoms with Gasteiger partial charge in [0.05, 0.1) is 4.90 Å². The van der Waals surface area contributed by atoms with Gasteiger partial charge in [0.25, 0.3) is 5.91 Å². The van der Waals surface area contributed by atoms with Crippen LogP contribution in [0.2, 0.25) is 0 Å². The summed E-state index contributed by atoms with van der Waals surface area (Å²) in [5.74, 6) is -0.129. The van der Waals surface area contributed by atoms with Crippen LogP contribution in [-0.4, -0.2) is 49.7 Å². The van der Waals surface area contributed by atoms with Gasteiger partial charge in [0.2, 0.25) is 10.0 Å². The first-order valence-corrected chi connectivity index (χ1v) is 11.1. The van der Waals surface area contributed by atoms with Crippen LogP contribution in [0.15, 0.2) is 29.2 Å². The molecule has 0 aromatic heterocycles. The smallest absolute Gasteiger partial charge is 0.253 e. The van der Waals surface area contributed by atoms with E-state index in [0.29, 0.717) is 5.56 Å². The Morgan fingerprint density at radius 1 is 1.12 bits per heavy atom. The van der Waals surface area contributed by atoms with E-state index in [9.17, 15) is 13.2 Å². The van der Waals surface area contributed by atoms with Crippen LogP contribution in [0, 0.1) is 0 Å². The third kappa shape index (κ3) is 4.46. The van der Waals surface area contributed by atoms with Gasteiger partial charge >= 0.3 is 0 Å². The fourth-order valence-electron chi connectivity index (χ4n) is 3.80. The summed E-state index contributed by atoms with van der Waals surface area (Å²) in [5, 5.41) is 0. The van der Waals surface area contributed by atoms with Gasteiger partial charge in [-0.1, -0.05) is 39.2 Å². The third-order valence-electron chi connectivity index (χ3n) is 5.66. The van der Waals surface area contributed by atoms with Gasteiger partial charge in [-0.25, -0.2) is 8.42 Å². The fourth-order valence-corrected chi connectivity index (χ4v) is 5.26. The Hall–Kier alpha value is -1.40. The van der Waals surface area contributed by atoms with Crippen molar-refractivity contribution in [3.63, 3.8) is 0 Å². The summed E-state index contributed by atoms with van der Waals surface area (Å²) in [6.45, 7) is 4.11. The second-order valence-electron chi connectivity index (χ2n) is 7.23. The second-order valence-corrected chi connectivity index (χ2v) is 9.22. The average Bonchev–Trinajstić information content (AvgIpc) is 2.68. The molecule has 5 nitrogen and oxygen atoms in total. The van der Waals surface area contributed by atoms with Crippen LogP contribution >= 0.6 is 0 Å². The Kier molecular flexibility index (Phi) is 7.24. The van der Waals surface area contributed by atoms with Crippen LogP contribution < -0.4 is 0 Å². The molecule has 1 aromatic rings. The first-order valence-electron chi connectivity index (χ1n) is 9.68. The lowest BCUT2D eigenvalue weighted by Crippen LogP contribution is -2.38. The van der Waals surface area contributed by atoms with Gasteiger partial charge in [-0.15, -0.1) is 0 Å². The van der Waals surface area contributed by atoms with Crippen molar-refractivity contribution in [1.82, 2.24) is 9.21 Å². The molecule has 0 radical (unpaired) electrons. The largest absolute Gasteiger partial charge is 0.339 e. The summed E-state index contributed by atoms with van der Waals surface area (Å²) in [5.41, 5.74) is 0.428. The highest BCUT2D eigenvalue weighted by molar-refractivity contribution is 7.89. The number of carbonyl (C=O) groups is 1.